The summed E-state index contributed by atoms with van der Waals surface area (Å²) in [5.41, 5.74) is 4.85. The summed E-state index contributed by atoms with van der Waals surface area (Å²) in [4.78, 5) is 29.4. The van der Waals surface area contributed by atoms with Gasteiger partial charge in [0.2, 0.25) is 5.91 Å². The third-order valence-electron chi connectivity index (χ3n) is 5.05. The Hall–Kier alpha value is -4.25. The molecule has 0 spiro atoms. The predicted octanol–water partition coefficient (Wildman–Crippen LogP) is 5.49. The maximum Gasteiger partial charge on any atom is 0.255 e. The molecule has 5 heteroatoms. The molecule has 0 radical (unpaired) electrons. The molecule has 0 atom stereocenters. The van der Waals surface area contributed by atoms with Crippen molar-refractivity contribution in [1.82, 2.24) is 4.98 Å². The van der Waals surface area contributed by atoms with Gasteiger partial charge in [-0.2, -0.15) is 0 Å². The van der Waals surface area contributed by atoms with Gasteiger partial charge < -0.3 is 10.6 Å². The van der Waals surface area contributed by atoms with Crippen molar-refractivity contribution in [2.45, 2.75) is 13.3 Å². The Morgan fingerprint density at radius 3 is 2.22 bits per heavy atom. The van der Waals surface area contributed by atoms with E-state index in [0.29, 0.717) is 23.5 Å². The van der Waals surface area contributed by atoms with Crippen molar-refractivity contribution in [2.75, 3.05) is 10.6 Å². The summed E-state index contributed by atoms with van der Waals surface area (Å²) >= 11 is 0. The number of amides is 2. The number of hydrogen-bond donors (Lipinski definition) is 2. The minimum absolute atomic E-state index is 0.116. The van der Waals surface area contributed by atoms with E-state index in [4.69, 9.17) is 0 Å². The Balaban J connectivity index is 1.42. The van der Waals surface area contributed by atoms with Crippen LogP contribution in [0, 0.1) is 6.92 Å². The highest BCUT2D eigenvalue weighted by molar-refractivity contribution is 6.05. The van der Waals surface area contributed by atoms with E-state index < -0.39 is 0 Å². The molecule has 32 heavy (non-hydrogen) atoms. The van der Waals surface area contributed by atoms with E-state index in [1.54, 1.807) is 12.1 Å². The molecule has 4 rings (SSSR count). The minimum atomic E-state index is -0.142. The number of rotatable bonds is 6. The van der Waals surface area contributed by atoms with Gasteiger partial charge in [0.1, 0.15) is 5.82 Å². The molecule has 158 valence electrons. The Morgan fingerprint density at radius 2 is 1.47 bits per heavy atom. The molecule has 5 nitrogen and oxygen atoms in total. The van der Waals surface area contributed by atoms with Gasteiger partial charge in [0.15, 0.2) is 0 Å². The summed E-state index contributed by atoms with van der Waals surface area (Å²) in [5.74, 6) is 0.243. The highest BCUT2D eigenvalue weighted by atomic mass is 16.2. The first-order chi connectivity index (χ1) is 15.6. The van der Waals surface area contributed by atoms with Crippen molar-refractivity contribution in [3.8, 4) is 11.3 Å². The standard InChI is InChI=1S/C27H23N3O2/c1-19-8-5-6-11-23(19)27(32)28-22-16-14-21(15-17-22)24-12-7-13-25(29-24)30-26(31)18-20-9-3-2-4-10-20/h2-17H,18H2,1H3,(H,28,32)(H,29,30,31). The SMILES string of the molecule is Cc1ccccc1C(=O)Nc1ccc(-c2cccc(NC(=O)Cc3ccccc3)n2)cc1. The van der Waals surface area contributed by atoms with Gasteiger partial charge >= 0.3 is 0 Å². The van der Waals surface area contributed by atoms with Crippen LogP contribution in [0.4, 0.5) is 11.5 Å². The number of carbonyl (C=O) groups is 2. The minimum Gasteiger partial charge on any atom is -0.322 e. The molecule has 0 aliphatic carbocycles. The maximum absolute atomic E-state index is 12.5. The van der Waals surface area contributed by atoms with Crippen LogP contribution in [-0.4, -0.2) is 16.8 Å². The summed E-state index contributed by atoms with van der Waals surface area (Å²) in [7, 11) is 0. The fraction of sp³-hybridized carbons (Fsp3) is 0.0741. The number of pyridine rings is 1. The zero-order valence-electron chi connectivity index (χ0n) is 17.7. The first kappa shape index (κ1) is 21.0. The fourth-order valence-electron chi connectivity index (χ4n) is 3.38. The van der Waals surface area contributed by atoms with Crippen molar-refractivity contribution >= 4 is 23.3 Å². The molecular weight excluding hydrogens is 398 g/mol. The highest BCUT2D eigenvalue weighted by Crippen LogP contribution is 2.22. The number of hydrogen-bond acceptors (Lipinski definition) is 3. The van der Waals surface area contributed by atoms with Crippen molar-refractivity contribution in [2.24, 2.45) is 0 Å². The monoisotopic (exact) mass is 421 g/mol. The van der Waals surface area contributed by atoms with E-state index in [1.165, 1.54) is 0 Å². The lowest BCUT2D eigenvalue weighted by Gasteiger charge is -2.09. The van der Waals surface area contributed by atoms with Crippen LogP contribution in [0.1, 0.15) is 21.5 Å². The molecule has 3 aromatic carbocycles. The van der Waals surface area contributed by atoms with Crippen LogP contribution in [0.15, 0.2) is 97.1 Å². The first-order valence-corrected chi connectivity index (χ1v) is 10.4. The van der Waals surface area contributed by atoms with E-state index in [9.17, 15) is 9.59 Å². The summed E-state index contributed by atoms with van der Waals surface area (Å²) in [6.07, 6.45) is 0.294. The van der Waals surface area contributed by atoms with Gasteiger partial charge in [0, 0.05) is 16.8 Å². The van der Waals surface area contributed by atoms with Crippen molar-refractivity contribution in [3.05, 3.63) is 114 Å². The average molecular weight is 422 g/mol. The second-order valence-electron chi connectivity index (χ2n) is 7.47. The Kier molecular flexibility index (Phi) is 6.37. The van der Waals surface area contributed by atoms with Gasteiger partial charge in [-0.05, 0) is 48.4 Å². The van der Waals surface area contributed by atoms with Gasteiger partial charge in [-0.25, -0.2) is 4.98 Å². The largest absolute Gasteiger partial charge is 0.322 e. The third-order valence-corrected chi connectivity index (χ3v) is 5.05. The van der Waals surface area contributed by atoms with Crippen LogP contribution >= 0.6 is 0 Å². The number of anilines is 2. The quantitative estimate of drug-likeness (QED) is 0.432. The summed E-state index contributed by atoms with van der Waals surface area (Å²) in [5, 5.41) is 5.78. The molecule has 2 N–H and O–H groups in total. The zero-order valence-corrected chi connectivity index (χ0v) is 17.7. The van der Waals surface area contributed by atoms with Crippen molar-refractivity contribution < 1.29 is 9.59 Å². The smallest absolute Gasteiger partial charge is 0.255 e. The summed E-state index contributed by atoms with van der Waals surface area (Å²) < 4.78 is 0. The summed E-state index contributed by atoms with van der Waals surface area (Å²) in [6, 6.07) is 30.0. The van der Waals surface area contributed by atoms with Gasteiger partial charge in [0.05, 0.1) is 12.1 Å². The summed E-state index contributed by atoms with van der Waals surface area (Å²) in [6.45, 7) is 1.91. The lowest BCUT2D eigenvalue weighted by Crippen LogP contribution is -2.15. The normalized spacial score (nSPS) is 10.4. The number of benzene rings is 3. The van der Waals surface area contributed by atoms with Crippen LogP contribution in [0.5, 0.6) is 0 Å². The second kappa shape index (κ2) is 9.71. The molecule has 0 aliphatic heterocycles. The van der Waals surface area contributed by atoms with Crippen LogP contribution in [0.25, 0.3) is 11.3 Å². The van der Waals surface area contributed by atoms with Crippen LogP contribution in [0.2, 0.25) is 0 Å². The third kappa shape index (κ3) is 5.26. The Morgan fingerprint density at radius 1 is 0.750 bits per heavy atom. The average Bonchev–Trinajstić information content (AvgIpc) is 2.80. The zero-order chi connectivity index (χ0) is 22.3. The molecule has 0 unspecified atom stereocenters. The predicted molar refractivity (Wildman–Crippen MR) is 128 cm³/mol. The van der Waals surface area contributed by atoms with E-state index in [1.807, 2.05) is 91.9 Å². The number of aromatic nitrogens is 1. The van der Waals surface area contributed by atoms with Gasteiger partial charge in [0.25, 0.3) is 5.91 Å². The topological polar surface area (TPSA) is 71.1 Å². The maximum atomic E-state index is 12.5. The van der Waals surface area contributed by atoms with E-state index in [0.717, 1.165) is 22.4 Å². The number of nitrogens with zero attached hydrogens (tertiary/aromatic N) is 1. The van der Waals surface area contributed by atoms with Gasteiger partial charge in [-0.3, -0.25) is 9.59 Å². The van der Waals surface area contributed by atoms with Crippen LogP contribution in [0.3, 0.4) is 0 Å². The Labute approximate surface area is 187 Å². The molecule has 0 fully saturated rings. The second-order valence-corrected chi connectivity index (χ2v) is 7.47. The van der Waals surface area contributed by atoms with E-state index in [2.05, 4.69) is 15.6 Å². The van der Waals surface area contributed by atoms with Gasteiger partial charge in [-0.15, -0.1) is 0 Å². The lowest BCUT2D eigenvalue weighted by atomic mass is 10.1. The molecule has 0 saturated carbocycles. The van der Waals surface area contributed by atoms with E-state index in [-0.39, 0.29) is 11.8 Å². The highest BCUT2D eigenvalue weighted by Gasteiger charge is 2.10. The van der Waals surface area contributed by atoms with Crippen molar-refractivity contribution in [3.63, 3.8) is 0 Å². The lowest BCUT2D eigenvalue weighted by molar-refractivity contribution is -0.115. The van der Waals surface area contributed by atoms with Crippen molar-refractivity contribution in [1.29, 1.82) is 0 Å². The fourth-order valence-corrected chi connectivity index (χ4v) is 3.38. The molecular formula is C27H23N3O2. The molecule has 1 heterocycles. The van der Waals surface area contributed by atoms with Crippen LogP contribution in [-0.2, 0) is 11.2 Å². The molecule has 4 aromatic rings. The number of aryl methyl sites for hydroxylation is 1. The molecule has 0 bridgehead atoms. The Bertz CT molecular complexity index is 1240. The van der Waals surface area contributed by atoms with Gasteiger partial charge in [-0.1, -0.05) is 66.7 Å². The molecule has 0 saturated heterocycles. The number of carbonyl (C=O) groups excluding carboxylic acids is 2. The van der Waals surface area contributed by atoms with Crippen LogP contribution < -0.4 is 10.6 Å². The molecule has 0 aliphatic rings. The number of nitrogens with one attached hydrogen (secondary N) is 2. The molecule has 2 amide bonds. The first-order valence-electron chi connectivity index (χ1n) is 10.4. The molecule has 1 aromatic heterocycles. The van der Waals surface area contributed by atoms with E-state index >= 15 is 0 Å².